The number of hydrogen-bond acceptors (Lipinski definition) is 5. The maximum absolute atomic E-state index is 12.5. The van der Waals surface area contributed by atoms with Crippen LogP contribution in [0.1, 0.15) is 12.5 Å². The quantitative estimate of drug-likeness (QED) is 0.590. The summed E-state index contributed by atoms with van der Waals surface area (Å²) in [5.74, 6) is -0.161. The van der Waals surface area contributed by atoms with Crippen LogP contribution in [0, 0.1) is 6.92 Å². The predicted octanol–water partition coefficient (Wildman–Crippen LogP) is 4.32. The van der Waals surface area contributed by atoms with E-state index in [0.717, 1.165) is 10.5 Å². The lowest BCUT2D eigenvalue weighted by Crippen LogP contribution is -2.31. The van der Waals surface area contributed by atoms with Crippen molar-refractivity contribution in [1.82, 2.24) is 9.78 Å². The van der Waals surface area contributed by atoms with E-state index in [1.807, 2.05) is 37.4 Å². The molecule has 1 amide bonds. The molecule has 0 saturated heterocycles. The summed E-state index contributed by atoms with van der Waals surface area (Å²) in [7, 11) is 0. The molecule has 0 aliphatic carbocycles. The van der Waals surface area contributed by atoms with Gasteiger partial charge in [0, 0.05) is 27.7 Å². The number of anilines is 1. The van der Waals surface area contributed by atoms with Crippen molar-refractivity contribution in [2.75, 3.05) is 11.6 Å². The maximum Gasteiger partial charge on any atom is 0.271 e. The smallest absolute Gasteiger partial charge is 0.271 e. The van der Waals surface area contributed by atoms with Gasteiger partial charge in [-0.25, -0.2) is 0 Å². The van der Waals surface area contributed by atoms with Gasteiger partial charge in [-0.1, -0.05) is 23.7 Å². The fourth-order valence-electron chi connectivity index (χ4n) is 2.62. The van der Waals surface area contributed by atoms with Crippen molar-refractivity contribution in [1.29, 1.82) is 0 Å². The second-order valence-electron chi connectivity index (χ2n) is 6.33. The molecule has 0 aliphatic heterocycles. The summed E-state index contributed by atoms with van der Waals surface area (Å²) in [4.78, 5) is 25.8. The van der Waals surface area contributed by atoms with Crippen LogP contribution in [0.5, 0.6) is 5.88 Å². The molecule has 6 nitrogen and oxygen atoms in total. The molecular formula is C21H20ClN3O3S. The second kappa shape index (κ2) is 9.15. The van der Waals surface area contributed by atoms with Crippen LogP contribution < -0.4 is 15.6 Å². The highest BCUT2D eigenvalue weighted by molar-refractivity contribution is 7.98. The largest absolute Gasteiger partial charge is 0.463 e. The van der Waals surface area contributed by atoms with Crippen LogP contribution in [0.15, 0.2) is 64.3 Å². The Hall–Kier alpha value is -2.77. The molecule has 3 aromatic rings. The summed E-state index contributed by atoms with van der Waals surface area (Å²) in [6.45, 7) is 3.47. The summed E-state index contributed by atoms with van der Waals surface area (Å²) in [5.41, 5.74) is 1.75. The average Bonchev–Trinajstić information content (AvgIpc) is 2.71. The first kappa shape index (κ1) is 21.0. The number of amides is 1. The Kier molecular flexibility index (Phi) is 6.61. The molecule has 1 atom stereocenters. The van der Waals surface area contributed by atoms with Crippen LogP contribution in [0.25, 0.3) is 5.69 Å². The molecule has 2 aromatic carbocycles. The molecule has 8 heteroatoms. The van der Waals surface area contributed by atoms with E-state index >= 15 is 0 Å². The van der Waals surface area contributed by atoms with Crippen LogP contribution in [0.4, 0.5) is 5.69 Å². The summed E-state index contributed by atoms with van der Waals surface area (Å²) >= 11 is 7.64. The normalized spacial score (nSPS) is 11.7. The minimum Gasteiger partial charge on any atom is -0.463 e. The number of carbonyl (C=O) groups excluding carboxylic acids is 1. The fourth-order valence-corrected chi connectivity index (χ4v) is 3.25. The van der Waals surface area contributed by atoms with Crippen LogP contribution in [0.2, 0.25) is 5.02 Å². The third kappa shape index (κ3) is 5.19. The van der Waals surface area contributed by atoms with Crippen molar-refractivity contribution in [3.8, 4) is 11.6 Å². The number of nitrogens with one attached hydrogen (secondary N) is 1. The Bertz CT molecular complexity index is 1100. The van der Waals surface area contributed by atoms with Gasteiger partial charge in [-0.05, 0) is 56.0 Å². The average molecular weight is 430 g/mol. The molecule has 0 fully saturated rings. The van der Waals surface area contributed by atoms with E-state index in [2.05, 4.69) is 10.4 Å². The number of thioether (sulfide) groups is 1. The highest BCUT2D eigenvalue weighted by Gasteiger charge is 2.17. The van der Waals surface area contributed by atoms with Crippen LogP contribution in [-0.4, -0.2) is 28.0 Å². The van der Waals surface area contributed by atoms with Gasteiger partial charge in [0.05, 0.1) is 5.69 Å². The van der Waals surface area contributed by atoms with E-state index in [9.17, 15) is 9.59 Å². The molecule has 0 saturated carbocycles. The van der Waals surface area contributed by atoms with E-state index < -0.39 is 6.10 Å². The van der Waals surface area contributed by atoms with E-state index in [0.29, 0.717) is 16.4 Å². The van der Waals surface area contributed by atoms with Crippen molar-refractivity contribution in [2.24, 2.45) is 0 Å². The lowest BCUT2D eigenvalue weighted by molar-refractivity contribution is -0.122. The SMILES string of the molecule is CSc1cccc(NC(=O)C(C)Oc2ccc(=O)n(-c3cc(Cl)ccc3C)n2)c1. The van der Waals surface area contributed by atoms with E-state index in [4.69, 9.17) is 16.3 Å². The lowest BCUT2D eigenvalue weighted by atomic mass is 10.2. The van der Waals surface area contributed by atoms with Gasteiger partial charge in [0.25, 0.3) is 11.5 Å². The fraction of sp³-hybridized carbons (Fsp3) is 0.190. The number of hydrogen-bond donors (Lipinski definition) is 1. The topological polar surface area (TPSA) is 73.2 Å². The monoisotopic (exact) mass is 429 g/mol. The highest BCUT2D eigenvalue weighted by Crippen LogP contribution is 2.20. The molecule has 1 heterocycles. The predicted molar refractivity (Wildman–Crippen MR) is 117 cm³/mol. The van der Waals surface area contributed by atoms with E-state index in [-0.39, 0.29) is 17.3 Å². The molecule has 1 aromatic heterocycles. The van der Waals surface area contributed by atoms with E-state index in [1.54, 1.807) is 36.9 Å². The first-order valence-corrected chi connectivity index (χ1v) is 10.5. The number of ether oxygens (including phenoxy) is 1. The second-order valence-corrected chi connectivity index (χ2v) is 7.65. The van der Waals surface area contributed by atoms with Crippen molar-refractivity contribution >= 4 is 35.0 Å². The number of nitrogens with zero attached hydrogens (tertiary/aromatic N) is 2. The van der Waals surface area contributed by atoms with Crippen LogP contribution >= 0.6 is 23.4 Å². The standard InChI is InChI=1S/C21H20ClN3O3S/c1-13-7-8-15(22)11-18(13)25-20(26)10-9-19(24-25)28-14(2)21(27)23-16-5-4-6-17(12-16)29-3/h4-12,14H,1-3H3,(H,23,27). The Morgan fingerprint density at radius 3 is 2.76 bits per heavy atom. The summed E-state index contributed by atoms with van der Waals surface area (Å²) in [6, 6.07) is 15.5. The third-order valence-electron chi connectivity index (χ3n) is 4.18. The minimum absolute atomic E-state index is 0.157. The Morgan fingerprint density at radius 1 is 1.21 bits per heavy atom. The van der Waals surface area contributed by atoms with Crippen LogP contribution in [0.3, 0.4) is 0 Å². The van der Waals surface area contributed by atoms with Crippen molar-refractivity contribution in [3.05, 3.63) is 75.5 Å². The highest BCUT2D eigenvalue weighted by atomic mass is 35.5. The van der Waals surface area contributed by atoms with Gasteiger partial charge >= 0.3 is 0 Å². The first-order chi connectivity index (χ1) is 13.9. The molecule has 150 valence electrons. The van der Waals surface area contributed by atoms with Gasteiger partial charge in [-0.3, -0.25) is 9.59 Å². The number of aromatic nitrogens is 2. The van der Waals surface area contributed by atoms with Gasteiger partial charge in [0.1, 0.15) is 0 Å². The molecule has 0 spiro atoms. The molecule has 0 bridgehead atoms. The van der Waals surface area contributed by atoms with Gasteiger partial charge in [-0.2, -0.15) is 4.68 Å². The van der Waals surface area contributed by atoms with Gasteiger partial charge in [0.2, 0.25) is 5.88 Å². The van der Waals surface area contributed by atoms with Gasteiger partial charge < -0.3 is 10.1 Å². The summed E-state index contributed by atoms with van der Waals surface area (Å²) < 4.78 is 6.88. The molecular weight excluding hydrogens is 410 g/mol. The third-order valence-corrected chi connectivity index (χ3v) is 5.14. The number of rotatable bonds is 6. The van der Waals surface area contributed by atoms with Crippen molar-refractivity contribution < 1.29 is 9.53 Å². The minimum atomic E-state index is -0.813. The molecule has 1 unspecified atom stereocenters. The molecule has 29 heavy (non-hydrogen) atoms. The van der Waals surface area contributed by atoms with E-state index in [1.165, 1.54) is 16.8 Å². The Morgan fingerprint density at radius 2 is 2.00 bits per heavy atom. The molecule has 3 rings (SSSR count). The summed E-state index contributed by atoms with van der Waals surface area (Å²) in [5, 5.41) is 7.55. The number of carbonyl (C=O) groups is 1. The van der Waals surface area contributed by atoms with Gasteiger partial charge in [-0.15, -0.1) is 16.9 Å². The zero-order valence-electron chi connectivity index (χ0n) is 16.2. The molecule has 0 aliphatic rings. The lowest BCUT2D eigenvalue weighted by Gasteiger charge is -2.15. The number of aryl methyl sites for hydroxylation is 1. The zero-order chi connectivity index (χ0) is 21.0. The van der Waals surface area contributed by atoms with Gasteiger partial charge in [0.15, 0.2) is 6.10 Å². The molecule has 1 N–H and O–H groups in total. The number of halogens is 1. The number of benzene rings is 2. The maximum atomic E-state index is 12.5. The molecule has 0 radical (unpaired) electrons. The zero-order valence-corrected chi connectivity index (χ0v) is 17.8. The van der Waals surface area contributed by atoms with Crippen molar-refractivity contribution in [2.45, 2.75) is 24.8 Å². The summed E-state index contributed by atoms with van der Waals surface area (Å²) in [6.07, 6.45) is 1.15. The first-order valence-electron chi connectivity index (χ1n) is 8.86. The van der Waals surface area contributed by atoms with Crippen LogP contribution in [-0.2, 0) is 4.79 Å². The Balaban J connectivity index is 1.78. The van der Waals surface area contributed by atoms with Crippen molar-refractivity contribution in [3.63, 3.8) is 0 Å². The Labute approximate surface area is 177 Å².